The van der Waals surface area contributed by atoms with Gasteiger partial charge in [-0.1, -0.05) is 25.3 Å². The third-order valence-electron chi connectivity index (χ3n) is 5.13. The molecule has 0 aromatic carbocycles. The zero-order valence-corrected chi connectivity index (χ0v) is 12.0. The van der Waals surface area contributed by atoms with Crippen molar-refractivity contribution < 1.29 is 10.2 Å². The van der Waals surface area contributed by atoms with Crippen LogP contribution in [0.4, 0.5) is 0 Å². The van der Waals surface area contributed by atoms with Gasteiger partial charge < -0.3 is 10.2 Å². The number of pyridine rings is 1. The molecule has 2 aliphatic rings. The molecule has 0 radical (unpaired) electrons. The van der Waals surface area contributed by atoms with Gasteiger partial charge in [0, 0.05) is 17.8 Å². The molecule has 0 bridgehead atoms. The molecule has 1 aromatic rings. The van der Waals surface area contributed by atoms with E-state index in [0.717, 1.165) is 37.8 Å². The third-order valence-corrected chi connectivity index (χ3v) is 5.13. The molecule has 2 N–H and O–H groups in total. The van der Waals surface area contributed by atoms with Crippen molar-refractivity contribution in [2.75, 3.05) is 0 Å². The summed E-state index contributed by atoms with van der Waals surface area (Å²) in [5.41, 5.74) is 2.26. The Balaban J connectivity index is 1.75. The van der Waals surface area contributed by atoms with Crippen molar-refractivity contribution in [3.63, 3.8) is 0 Å². The van der Waals surface area contributed by atoms with Crippen LogP contribution in [0, 0.1) is 5.92 Å². The van der Waals surface area contributed by atoms with Gasteiger partial charge in [0.15, 0.2) is 0 Å². The zero-order valence-electron chi connectivity index (χ0n) is 12.0. The van der Waals surface area contributed by atoms with Gasteiger partial charge in [-0.15, -0.1) is 0 Å². The highest BCUT2D eigenvalue weighted by Gasteiger charge is 2.36. The molecule has 0 saturated heterocycles. The average molecular weight is 275 g/mol. The smallest absolute Gasteiger partial charge is 0.0885 e. The lowest BCUT2D eigenvalue weighted by Crippen LogP contribution is -2.40. The predicted octanol–water partition coefficient (Wildman–Crippen LogP) is 2.80. The van der Waals surface area contributed by atoms with Crippen LogP contribution in [-0.2, 0) is 6.42 Å². The van der Waals surface area contributed by atoms with E-state index in [0.29, 0.717) is 0 Å². The second-order valence-electron chi connectivity index (χ2n) is 6.43. The number of rotatable bonds is 3. The standard InChI is InChI=1S/C17H25NO2/c19-16(13-6-2-1-3-7-13)17(20)14-10-4-8-12-9-5-11-18-15(12)14/h5,9,11,13-14,16-17,19-20H,1-4,6-8,10H2. The lowest BCUT2D eigenvalue weighted by atomic mass is 9.76. The summed E-state index contributed by atoms with van der Waals surface area (Å²) < 4.78 is 0. The fourth-order valence-corrected chi connectivity index (χ4v) is 3.97. The maximum atomic E-state index is 10.7. The molecule has 2 aliphatic carbocycles. The first-order chi connectivity index (χ1) is 9.77. The minimum absolute atomic E-state index is 0.0110. The number of aromatic nitrogens is 1. The topological polar surface area (TPSA) is 53.4 Å². The minimum Gasteiger partial charge on any atom is -0.390 e. The Morgan fingerprint density at radius 3 is 2.60 bits per heavy atom. The van der Waals surface area contributed by atoms with Crippen LogP contribution in [0.15, 0.2) is 18.3 Å². The van der Waals surface area contributed by atoms with E-state index < -0.39 is 12.2 Å². The average Bonchev–Trinajstić information content (AvgIpc) is 2.54. The van der Waals surface area contributed by atoms with E-state index in [4.69, 9.17) is 0 Å². The predicted molar refractivity (Wildman–Crippen MR) is 78.5 cm³/mol. The van der Waals surface area contributed by atoms with E-state index in [1.165, 1.54) is 24.8 Å². The number of aryl methyl sites for hydroxylation is 1. The molecule has 110 valence electrons. The highest BCUT2D eigenvalue weighted by atomic mass is 16.3. The molecule has 3 atom stereocenters. The second kappa shape index (κ2) is 6.23. The Morgan fingerprint density at radius 1 is 1.00 bits per heavy atom. The van der Waals surface area contributed by atoms with E-state index in [1.54, 1.807) is 6.20 Å². The van der Waals surface area contributed by atoms with Gasteiger partial charge >= 0.3 is 0 Å². The quantitative estimate of drug-likeness (QED) is 0.892. The summed E-state index contributed by atoms with van der Waals surface area (Å²) >= 11 is 0. The number of hydrogen-bond donors (Lipinski definition) is 2. The van der Waals surface area contributed by atoms with E-state index in [9.17, 15) is 10.2 Å². The van der Waals surface area contributed by atoms with Crippen LogP contribution in [0.1, 0.15) is 62.1 Å². The van der Waals surface area contributed by atoms with Crippen LogP contribution in [0.25, 0.3) is 0 Å². The van der Waals surface area contributed by atoms with Gasteiger partial charge in [-0.2, -0.15) is 0 Å². The maximum Gasteiger partial charge on any atom is 0.0885 e. The van der Waals surface area contributed by atoms with E-state index in [1.807, 2.05) is 6.07 Å². The van der Waals surface area contributed by atoms with Crippen LogP contribution in [0.2, 0.25) is 0 Å². The number of aliphatic hydroxyl groups is 2. The van der Waals surface area contributed by atoms with Gasteiger partial charge in [0.05, 0.1) is 12.2 Å². The van der Waals surface area contributed by atoms with Crippen molar-refractivity contribution in [1.82, 2.24) is 4.98 Å². The van der Waals surface area contributed by atoms with Gasteiger partial charge in [0.1, 0.15) is 0 Å². The van der Waals surface area contributed by atoms with Gasteiger partial charge in [0.2, 0.25) is 0 Å². The molecule has 0 aliphatic heterocycles. The van der Waals surface area contributed by atoms with Gasteiger partial charge in [-0.25, -0.2) is 0 Å². The number of nitrogens with zero attached hydrogens (tertiary/aromatic N) is 1. The number of hydrogen-bond acceptors (Lipinski definition) is 3. The maximum absolute atomic E-state index is 10.7. The summed E-state index contributed by atoms with van der Waals surface area (Å²) in [6, 6.07) is 4.07. The first-order valence-corrected chi connectivity index (χ1v) is 8.07. The Kier molecular flexibility index (Phi) is 4.37. The first kappa shape index (κ1) is 14.0. The molecule has 20 heavy (non-hydrogen) atoms. The minimum atomic E-state index is -0.660. The zero-order chi connectivity index (χ0) is 13.9. The Morgan fingerprint density at radius 2 is 1.80 bits per heavy atom. The molecule has 1 heterocycles. The van der Waals surface area contributed by atoms with Crippen molar-refractivity contribution in [3.8, 4) is 0 Å². The number of aliphatic hydroxyl groups excluding tert-OH is 2. The van der Waals surface area contributed by atoms with E-state index in [2.05, 4.69) is 11.1 Å². The molecule has 1 fully saturated rings. The molecular formula is C17H25NO2. The van der Waals surface area contributed by atoms with Gasteiger partial charge in [0.25, 0.3) is 0 Å². The highest BCUT2D eigenvalue weighted by molar-refractivity contribution is 5.27. The van der Waals surface area contributed by atoms with E-state index in [-0.39, 0.29) is 11.8 Å². The molecule has 3 rings (SSSR count). The molecule has 3 heteroatoms. The first-order valence-electron chi connectivity index (χ1n) is 8.07. The summed E-state index contributed by atoms with van der Waals surface area (Å²) in [6.45, 7) is 0. The summed E-state index contributed by atoms with van der Waals surface area (Å²) in [5, 5.41) is 21.2. The summed E-state index contributed by atoms with van der Waals surface area (Å²) in [4.78, 5) is 4.48. The van der Waals surface area contributed by atoms with Crippen LogP contribution in [0.3, 0.4) is 0 Å². The molecule has 3 unspecified atom stereocenters. The van der Waals surface area contributed by atoms with Crippen LogP contribution < -0.4 is 0 Å². The third kappa shape index (κ3) is 2.75. The number of fused-ring (bicyclic) bond motifs is 1. The Hall–Kier alpha value is -0.930. The Labute approximate surface area is 121 Å². The van der Waals surface area contributed by atoms with Crippen molar-refractivity contribution in [2.45, 2.75) is 69.5 Å². The highest BCUT2D eigenvalue weighted by Crippen LogP contribution is 2.37. The van der Waals surface area contributed by atoms with Crippen molar-refractivity contribution in [1.29, 1.82) is 0 Å². The molecular weight excluding hydrogens is 250 g/mol. The molecule has 3 nitrogen and oxygen atoms in total. The Bertz CT molecular complexity index is 442. The monoisotopic (exact) mass is 275 g/mol. The summed E-state index contributed by atoms with van der Waals surface area (Å²) in [7, 11) is 0. The summed E-state index contributed by atoms with van der Waals surface area (Å²) in [5.74, 6) is 0.282. The molecule has 1 aromatic heterocycles. The fourth-order valence-electron chi connectivity index (χ4n) is 3.97. The molecule has 1 saturated carbocycles. The molecule has 0 spiro atoms. The van der Waals surface area contributed by atoms with Crippen LogP contribution >= 0.6 is 0 Å². The van der Waals surface area contributed by atoms with Crippen molar-refractivity contribution in [2.24, 2.45) is 5.92 Å². The fraction of sp³-hybridized carbons (Fsp3) is 0.706. The summed E-state index contributed by atoms with van der Waals surface area (Å²) in [6.07, 6.45) is 9.38. The van der Waals surface area contributed by atoms with Gasteiger partial charge in [-0.3, -0.25) is 4.98 Å². The van der Waals surface area contributed by atoms with Crippen LogP contribution in [-0.4, -0.2) is 27.4 Å². The normalized spacial score (nSPS) is 26.8. The van der Waals surface area contributed by atoms with Crippen molar-refractivity contribution >= 4 is 0 Å². The SMILES string of the molecule is OC(C1CCCCC1)C(O)C1CCCc2cccnc21. The largest absolute Gasteiger partial charge is 0.390 e. The lowest BCUT2D eigenvalue weighted by Gasteiger charge is -2.35. The molecule has 0 amide bonds. The van der Waals surface area contributed by atoms with E-state index >= 15 is 0 Å². The van der Waals surface area contributed by atoms with Gasteiger partial charge in [-0.05, 0) is 49.7 Å². The van der Waals surface area contributed by atoms with Crippen LogP contribution in [0.5, 0.6) is 0 Å². The van der Waals surface area contributed by atoms with Crippen molar-refractivity contribution in [3.05, 3.63) is 29.6 Å². The lowest BCUT2D eigenvalue weighted by molar-refractivity contribution is -0.0429. The second-order valence-corrected chi connectivity index (χ2v) is 6.43.